The summed E-state index contributed by atoms with van der Waals surface area (Å²) in [7, 11) is -3.23. The summed E-state index contributed by atoms with van der Waals surface area (Å²) in [5.41, 5.74) is 6.22. The molecule has 2 aromatic heterocycles. The first-order valence-corrected chi connectivity index (χ1v) is 19.7. The SMILES string of the molecule is O=P(c1ccccc1)(c1ccccc1)c1ccc(-c2cccc3nc4c5c6ccccc6ccc5c5cc6ccccc6cc5n4c23)c2ccccc12. The Morgan fingerprint density at radius 1 is 0.434 bits per heavy atom. The van der Waals surface area contributed by atoms with Gasteiger partial charge in [0, 0.05) is 32.2 Å². The van der Waals surface area contributed by atoms with E-state index in [4.69, 9.17) is 4.98 Å². The van der Waals surface area contributed by atoms with Crippen LogP contribution in [0.15, 0.2) is 188 Å². The molecule has 3 nitrogen and oxygen atoms in total. The summed E-state index contributed by atoms with van der Waals surface area (Å²) in [6.45, 7) is 0. The van der Waals surface area contributed by atoms with Crippen molar-refractivity contribution in [3.63, 3.8) is 0 Å². The first-order chi connectivity index (χ1) is 26.2. The minimum Gasteiger partial charge on any atom is -0.309 e. The van der Waals surface area contributed by atoms with E-state index in [1.165, 1.54) is 32.3 Å². The van der Waals surface area contributed by atoms with Gasteiger partial charge in [-0.25, -0.2) is 4.98 Å². The normalized spacial score (nSPS) is 12.2. The standard InChI is InChI=1S/C49H31N2OP/c52-53(35-17-3-1-4-18-35,36-19-5-2-6-20-36)46-29-28-39(38-22-11-12-23-40(38)46)42-24-13-25-44-48(42)51-45-31-34-16-8-7-15-33(34)30-43(45)41-27-26-32-14-9-10-21-37(32)47(41)49(51)50-44/h1-31H. The average Bonchev–Trinajstić information content (AvgIpc) is 3.63. The zero-order valence-corrected chi connectivity index (χ0v) is 29.5. The second kappa shape index (κ2) is 11.5. The molecule has 248 valence electrons. The van der Waals surface area contributed by atoms with Gasteiger partial charge in [-0.3, -0.25) is 4.40 Å². The third kappa shape index (κ3) is 4.35. The Hall–Kier alpha value is -6.54. The first-order valence-electron chi connectivity index (χ1n) is 18.0. The summed E-state index contributed by atoms with van der Waals surface area (Å²) < 4.78 is 18.1. The lowest BCUT2D eigenvalue weighted by atomic mass is 9.96. The molecule has 11 aromatic rings. The molecule has 0 N–H and O–H groups in total. The summed E-state index contributed by atoms with van der Waals surface area (Å²) in [4.78, 5) is 5.44. The number of benzene rings is 9. The quantitative estimate of drug-likeness (QED) is 0.104. The maximum absolute atomic E-state index is 15.7. The highest BCUT2D eigenvalue weighted by molar-refractivity contribution is 7.85. The Kier molecular flexibility index (Phi) is 6.53. The molecule has 9 aromatic carbocycles. The fourth-order valence-corrected chi connectivity index (χ4v) is 11.5. The predicted molar refractivity (Wildman–Crippen MR) is 225 cm³/mol. The van der Waals surface area contributed by atoms with E-state index >= 15 is 4.57 Å². The fourth-order valence-electron chi connectivity index (χ4n) is 8.61. The van der Waals surface area contributed by atoms with Crippen LogP contribution in [0, 0.1) is 0 Å². The maximum atomic E-state index is 15.7. The van der Waals surface area contributed by atoms with Crippen molar-refractivity contribution >= 4 is 93.7 Å². The minimum absolute atomic E-state index is 0.825. The van der Waals surface area contributed by atoms with E-state index in [0.29, 0.717) is 0 Å². The van der Waals surface area contributed by atoms with Gasteiger partial charge in [-0.05, 0) is 67.5 Å². The number of aromatic nitrogens is 2. The summed E-state index contributed by atoms with van der Waals surface area (Å²) in [5, 5.41) is 12.9. The van der Waals surface area contributed by atoms with Crippen LogP contribution < -0.4 is 15.9 Å². The zero-order chi connectivity index (χ0) is 35.1. The number of fused-ring (bicyclic) bond motifs is 12. The molecule has 0 saturated heterocycles. The molecule has 53 heavy (non-hydrogen) atoms. The molecule has 0 bridgehead atoms. The third-order valence-corrected chi connectivity index (χ3v) is 14.1. The maximum Gasteiger partial charge on any atom is 0.171 e. The smallest absolute Gasteiger partial charge is 0.171 e. The molecule has 0 aliphatic carbocycles. The summed E-state index contributed by atoms with van der Waals surface area (Å²) in [6.07, 6.45) is 0. The van der Waals surface area contributed by atoms with Gasteiger partial charge >= 0.3 is 0 Å². The molecule has 0 aliphatic rings. The van der Waals surface area contributed by atoms with Crippen molar-refractivity contribution in [1.29, 1.82) is 0 Å². The van der Waals surface area contributed by atoms with Crippen molar-refractivity contribution in [2.24, 2.45) is 0 Å². The van der Waals surface area contributed by atoms with Crippen LogP contribution in [0.5, 0.6) is 0 Å². The average molecular weight is 695 g/mol. The van der Waals surface area contributed by atoms with Crippen molar-refractivity contribution in [2.75, 3.05) is 0 Å². The van der Waals surface area contributed by atoms with Crippen LogP contribution in [0.25, 0.3) is 81.8 Å². The molecular formula is C49H31N2OP. The highest BCUT2D eigenvalue weighted by atomic mass is 31.2. The topological polar surface area (TPSA) is 34.4 Å². The largest absolute Gasteiger partial charge is 0.309 e. The molecule has 0 radical (unpaired) electrons. The van der Waals surface area contributed by atoms with Crippen LogP contribution in [-0.2, 0) is 4.57 Å². The van der Waals surface area contributed by atoms with Crippen molar-refractivity contribution in [3.05, 3.63) is 188 Å². The van der Waals surface area contributed by atoms with Gasteiger partial charge in [-0.2, -0.15) is 0 Å². The van der Waals surface area contributed by atoms with Gasteiger partial charge in [0.2, 0.25) is 0 Å². The van der Waals surface area contributed by atoms with E-state index < -0.39 is 7.14 Å². The predicted octanol–water partition coefficient (Wildman–Crippen LogP) is 11.6. The second-order valence-electron chi connectivity index (χ2n) is 13.8. The molecule has 11 rings (SSSR count). The second-order valence-corrected chi connectivity index (χ2v) is 16.6. The van der Waals surface area contributed by atoms with Crippen LogP contribution in [0.4, 0.5) is 0 Å². The molecule has 0 amide bonds. The summed E-state index contributed by atoms with van der Waals surface area (Å²) in [5.74, 6) is 0. The molecule has 4 heteroatoms. The fraction of sp³-hybridized carbons (Fsp3) is 0. The first kappa shape index (κ1) is 30.1. The number of hydrogen-bond acceptors (Lipinski definition) is 2. The van der Waals surface area contributed by atoms with Crippen molar-refractivity contribution < 1.29 is 4.57 Å². The van der Waals surface area contributed by atoms with Gasteiger partial charge < -0.3 is 4.57 Å². The van der Waals surface area contributed by atoms with E-state index in [-0.39, 0.29) is 0 Å². The van der Waals surface area contributed by atoms with E-state index in [9.17, 15) is 0 Å². The van der Waals surface area contributed by atoms with Gasteiger partial charge in [0.15, 0.2) is 7.14 Å². The van der Waals surface area contributed by atoms with E-state index in [2.05, 4.69) is 132 Å². The number of hydrogen-bond donors (Lipinski definition) is 0. The van der Waals surface area contributed by atoms with Gasteiger partial charge in [-0.15, -0.1) is 0 Å². The Labute approximate surface area is 305 Å². The van der Waals surface area contributed by atoms with Crippen LogP contribution >= 0.6 is 7.14 Å². The van der Waals surface area contributed by atoms with Crippen molar-refractivity contribution in [2.45, 2.75) is 0 Å². The lowest BCUT2D eigenvalue weighted by Gasteiger charge is -2.23. The Balaban J connectivity index is 1.28. The molecule has 0 spiro atoms. The van der Waals surface area contributed by atoms with E-state index in [1.807, 2.05) is 60.7 Å². The van der Waals surface area contributed by atoms with Crippen molar-refractivity contribution in [3.8, 4) is 11.1 Å². The van der Waals surface area contributed by atoms with Gasteiger partial charge in [0.1, 0.15) is 5.65 Å². The molecule has 0 saturated carbocycles. The molecule has 0 fully saturated rings. The number of pyridine rings is 1. The van der Waals surface area contributed by atoms with Gasteiger partial charge in [0.25, 0.3) is 0 Å². The Morgan fingerprint density at radius 2 is 1.06 bits per heavy atom. The molecule has 0 aliphatic heterocycles. The minimum atomic E-state index is -3.23. The number of para-hydroxylation sites is 1. The Morgan fingerprint density at radius 3 is 1.79 bits per heavy atom. The number of rotatable bonds is 4. The highest BCUT2D eigenvalue weighted by Gasteiger charge is 2.32. The molecule has 0 unspecified atom stereocenters. The third-order valence-electron chi connectivity index (χ3n) is 11.0. The van der Waals surface area contributed by atoms with Gasteiger partial charge in [-0.1, -0.05) is 164 Å². The summed E-state index contributed by atoms with van der Waals surface area (Å²) in [6, 6.07) is 65.4. The monoisotopic (exact) mass is 694 g/mol. The molecule has 0 atom stereocenters. The van der Waals surface area contributed by atoms with E-state index in [1.54, 1.807) is 0 Å². The number of imidazole rings is 1. The zero-order valence-electron chi connectivity index (χ0n) is 28.6. The van der Waals surface area contributed by atoms with E-state index in [0.717, 1.165) is 65.4 Å². The Bertz CT molecular complexity index is 3270. The summed E-state index contributed by atoms with van der Waals surface area (Å²) >= 11 is 0. The van der Waals surface area contributed by atoms with Gasteiger partial charge in [0.05, 0.1) is 16.6 Å². The lowest BCUT2D eigenvalue weighted by Crippen LogP contribution is -2.25. The van der Waals surface area contributed by atoms with Crippen molar-refractivity contribution in [1.82, 2.24) is 9.38 Å². The molecule has 2 heterocycles. The molecular weight excluding hydrogens is 664 g/mol. The number of nitrogens with zero attached hydrogens (tertiary/aromatic N) is 2. The lowest BCUT2D eigenvalue weighted by molar-refractivity contribution is 0.592. The highest BCUT2D eigenvalue weighted by Crippen LogP contribution is 2.47. The van der Waals surface area contributed by atoms with Crippen LogP contribution in [0.1, 0.15) is 0 Å². The van der Waals surface area contributed by atoms with Crippen LogP contribution in [0.3, 0.4) is 0 Å². The van der Waals surface area contributed by atoms with Crippen LogP contribution in [0.2, 0.25) is 0 Å². The van der Waals surface area contributed by atoms with Crippen LogP contribution in [-0.4, -0.2) is 9.38 Å².